The van der Waals surface area contributed by atoms with E-state index in [0.717, 1.165) is 18.7 Å². The standard InChI is InChI=1S/C21H10F4N2Te/c22-18-13-7-3-2-6-12(13)17(21(23,24)25)20-16(18)19(26-10-27-20)15-9-11-5-1-4-8-14(11)28-15/h1-10H. The van der Waals surface area contributed by atoms with Crippen LogP contribution in [0.1, 0.15) is 5.56 Å². The molecular formula is C21H10F4N2Te. The van der Waals surface area contributed by atoms with Crippen LogP contribution in [0.3, 0.4) is 0 Å². The molecule has 2 nitrogen and oxygen atoms in total. The molecule has 28 heavy (non-hydrogen) atoms. The van der Waals surface area contributed by atoms with Crippen molar-refractivity contribution < 1.29 is 17.6 Å². The molecule has 0 aliphatic heterocycles. The molecule has 138 valence electrons. The summed E-state index contributed by atoms with van der Waals surface area (Å²) in [5.41, 5.74) is -1.05. The first-order chi connectivity index (χ1) is 13.4. The van der Waals surface area contributed by atoms with E-state index in [-0.39, 0.29) is 21.9 Å². The van der Waals surface area contributed by atoms with E-state index in [0.29, 0.717) is 0 Å². The first-order valence-corrected chi connectivity index (χ1v) is 10.7. The van der Waals surface area contributed by atoms with Crippen LogP contribution in [0.25, 0.3) is 39.7 Å². The minimum atomic E-state index is -4.67. The maximum absolute atomic E-state index is 15.4. The van der Waals surface area contributed by atoms with E-state index in [1.807, 2.05) is 30.3 Å². The molecular weight excluding hydrogens is 484 g/mol. The van der Waals surface area contributed by atoms with Crippen molar-refractivity contribution >= 4 is 50.9 Å². The number of benzene rings is 3. The molecule has 0 aliphatic rings. The van der Waals surface area contributed by atoms with Gasteiger partial charge in [0.05, 0.1) is 0 Å². The Morgan fingerprint density at radius 1 is 0.857 bits per heavy atom. The summed E-state index contributed by atoms with van der Waals surface area (Å²) >= 11 is -0.879. The summed E-state index contributed by atoms with van der Waals surface area (Å²) < 4.78 is 59.1. The van der Waals surface area contributed by atoms with Crippen LogP contribution < -0.4 is 0 Å². The molecule has 0 N–H and O–H groups in total. The second-order valence-corrected chi connectivity index (χ2v) is 9.42. The van der Waals surface area contributed by atoms with Crippen LogP contribution in [0, 0.1) is 5.82 Å². The summed E-state index contributed by atoms with van der Waals surface area (Å²) in [7, 11) is 0. The van der Waals surface area contributed by atoms with Gasteiger partial charge in [-0.05, 0) is 0 Å². The summed E-state index contributed by atoms with van der Waals surface area (Å²) in [5.74, 6) is -0.710. The topological polar surface area (TPSA) is 25.8 Å². The van der Waals surface area contributed by atoms with Crippen molar-refractivity contribution in [2.24, 2.45) is 0 Å². The van der Waals surface area contributed by atoms with Crippen molar-refractivity contribution in [3.8, 4) is 9.27 Å². The van der Waals surface area contributed by atoms with Crippen LogP contribution in [0.4, 0.5) is 17.6 Å². The summed E-state index contributed by atoms with van der Waals surface area (Å²) in [4.78, 5) is 8.06. The van der Waals surface area contributed by atoms with Gasteiger partial charge in [0.25, 0.3) is 0 Å². The number of rotatable bonds is 1. The number of fused-ring (bicyclic) bond motifs is 3. The van der Waals surface area contributed by atoms with Gasteiger partial charge in [0.15, 0.2) is 0 Å². The van der Waals surface area contributed by atoms with Gasteiger partial charge in [-0.3, -0.25) is 0 Å². The molecule has 5 rings (SSSR count). The van der Waals surface area contributed by atoms with Gasteiger partial charge in [-0.15, -0.1) is 0 Å². The molecule has 7 heteroatoms. The number of nitrogens with zero attached hydrogens (tertiary/aromatic N) is 2. The molecule has 0 unspecified atom stereocenters. The monoisotopic (exact) mass is 496 g/mol. The van der Waals surface area contributed by atoms with Gasteiger partial charge in [0.1, 0.15) is 0 Å². The maximum atomic E-state index is 15.4. The van der Waals surface area contributed by atoms with Gasteiger partial charge in [-0.1, -0.05) is 0 Å². The molecule has 0 atom stereocenters. The molecule has 3 aromatic carbocycles. The van der Waals surface area contributed by atoms with Gasteiger partial charge in [-0.25, -0.2) is 0 Å². The predicted molar refractivity (Wildman–Crippen MR) is 102 cm³/mol. The Balaban J connectivity index is 1.96. The Hall–Kier alpha value is -2.49. The summed E-state index contributed by atoms with van der Waals surface area (Å²) in [6.07, 6.45) is -3.57. The summed E-state index contributed by atoms with van der Waals surface area (Å²) in [6.45, 7) is 0. The fourth-order valence-electron chi connectivity index (χ4n) is 3.51. The van der Waals surface area contributed by atoms with Crippen LogP contribution in [-0.4, -0.2) is 30.4 Å². The van der Waals surface area contributed by atoms with Crippen molar-refractivity contribution in [2.45, 2.75) is 6.18 Å². The SMILES string of the molecule is Fc1c2ccccc2c(C(F)(F)F)c2ncnc(-c3cc4ccccc4[te]3)c12. The Morgan fingerprint density at radius 2 is 1.57 bits per heavy atom. The van der Waals surface area contributed by atoms with E-state index >= 15 is 4.39 Å². The van der Waals surface area contributed by atoms with E-state index in [1.165, 1.54) is 24.3 Å². The molecule has 5 aromatic rings. The molecule has 2 heterocycles. The number of hydrogen-bond acceptors (Lipinski definition) is 2. The molecule has 0 fully saturated rings. The van der Waals surface area contributed by atoms with Crippen molar-refractivity contribution in [1.82, 2.24) is 9.97 Å². The summed E-state index contributed by atoms with van der Waals surface area (Å²) in [5, 5.41) is 0.599. The van der Waals surface area contributed by atoms with Gasteiger partial charge in [0, 0.05) is 0 Å². The normalized spacial score (nSPS) is 12.3. The number of hydrogen-bond donors (Lipinski definition) is 0. The van der Waals surface area contributed by atoms with Gasteiger partial charge >= 0.3 is 166 Å². The Labute approximate surface area is 166 Å². The number of halogens is 4. The van der Waals surface area contributed by atoms with E-state index in [1.54, 1.807) is 0 Å². The Bertz CT molecular complexity index is 1340. The van der Waals surface area contributed by atoms with Crippen LogP contribution in [-0.2, 0) is 6.18 Å². The quantitative estimate of drug-likeness (QED) is 0.167. The Morgan fingerprint density at radius 3 is 2.32 bits per heavy atom. The molecule has 0 aliphatic carbocycles. The van der Waals surface area contributed by atoms with E-state index in [9.17, 15) is 13.2 Å². The zero-order chi connectivity index (χ0) is 19.5. The van der Waals surface area contributed by atoms with Crippen molar-refractivity contribution in [1.29, 1.82) is 0 Å². The second-order valence-electron chi connectivity index (χ2n) is 6.33. The van der Waals surface area contributed by atoms with Crippen molar-refractivity contribution in [3.05, 3.63) is 72.3 Å². The molecule has 0 saturated carbocycles. The van der Waals surface area contributed by atoms with Crippen LogP contribution in [0.15, 0.2) is 60.9 Å². The third kappa shape index (κ3) is 2.61. The van der Waals surface area contributed by atoms with E-state index in [4.69, 9.17) is 0 Å². The van der Waals surface area contributed by atoms with Crippen LogP contribution in [0.5, 0.6) is 0 Å². The molecule has 0 saturated heterocycles. The average molecular weight is 494 g/mol. The molecule has 0 spiro atoms. The minimum absolute atomic E-state index is 0.0740. The fourth-order valence-corrected chi connectivity index (χ4v) is 6.55. The molecule has 0 radical (unpaired) electrons. The van der Waals surface area contributed by atoms with Gasteiger partial charge in [0.2, 0.25) is 0 Å². The third-order valence-corrected chi connectivity index (χ3v) is 7.88. The number of alkyl halides is 3. The third-order valence-electron chi connectivity index (χ3n) is 4.68. The zero-order valence-corrected chi connectivity index (χ0v) is 16.4. The summed E-state index contributed by atoms with van der Waals surface area (Å²) in [6, 6.07) is 15.3. The van der Waals surface area contributed by atoms with Crippen molar-refractivity contribution in [2.75, 3.05) is 0 Å². The predicted octanol–water partition coefficient (Wildman–Crippen LogP) is 5.82. The number of aromatic nitrogens is 2. The van der Waals surface area contributed by atoms with E-state index in [2.05, 4.69) is 9.97 Å². The average Bonchev–Trinajstić information content (AvgIpc) is 3.11. The second kappa shape index (κ2) is 6.26. The van der Waals surface area contributed by atoms with Gasteiger partial charge in [-0.2, -0.15) is 0 Å². The first-order valence-electron chi connectivity index (χ1n) is 8.36. The molecule has 2 aromatic heterocycles. The van der Waals surface area contributed by atoms with Crippen LogP contribution in [0.2, 0.25) is 0 Å². The molecule has 0 bridgehead atoms. The van der Waals surface area contributed by atoms with E-state index < -0.39 is 43.5 Å². The van der Waals surface area contributed by atoms with Crippen molar-refractivity contribution in [3.63, 3.8) is 0 Å². The van der Waals surface area contributed by atoms with Gasteiger partial charge < -0.3 is 0 Å². The fraction of sp³-hybridized carbons (Fsp3) is 0.0476. The first kappa shape index (κ1) is 17.6. The van der Waals surface area contributed by atoms with Crippen LogP contribution >= 0.6 is 0 Å². The molecule has 0 amide bonds. The zero-order valence-electron chi connectivity index (χ0n) is 14.1. The Kier molecular flexibility index (Phi) is 3.94.